The molecule has 1 aliphatic rings. The Balaban J connectivity index is 2.05. The molecular weight excluding hydrogens is 296 g/mol. The predicted octanol–water partition coefficient (Wildman–Crippen LogP) is 2.68. The highest BCUT2D eigenvalue weighted by Gasteiger charge is 2.30. The molecule has 7 heteroatoms. The molecule has 0 radical (unpaired) electrons. The van der Waals surface area contributed by atoms with Gasteiger partial charge in [0, 0.05) is 19.3 Å². The van der Waals surface area contributed by atoms with E-state index >= 15 is 0 Å². The van der Waals surface area contributed by atoms with E-state index in [2.05, 4.69) is 5.32 Å². The molecule has 1 aromatic rings. The number of carbonyl (C=O) groups is 2. The van der Waals surface area contributed by atoms with Crippen molar-refractivity contribution in [3.8, 4) is 0 Å². The molecule has 2 atom stereocenters. The molecule has 2 rings (SSSR count). The minimum absolute atomic E-state index is 0.000773. The molecular formula is C14H17ClN2O4. The van der Waals surface area contributed by atoms with Gasteiger partial charge in [-0.25, -0.2) is 9.59 Å². The highest BCUT2D eigenvalue weighted by molar-refractivity contribution is 6.33. The Bertz CT molecular complexity index is 564. The van der Waals surface area contributed by atoms with E-state index in [4.69, 9.17) is 21.4 Å². The fourth-order valence-electron chi connectivity index (χ4n) is 2.36. The van der Waals surface area contributed by atoms with Crippen LogP contribution in [0.15, 0.2) is 18.2 Å². The number of rotatable bonds is 3. The second-order valence-electron chi connectivity index (χ2n) is 4.97. The summed E-state index contributed by atoms with van der Waals surface area (Å²) in [4.78, 5) is 24.6. The highest BCUT2D eigenvalue weighted by Crippen LogP contribution is 2.23. The Labute approximate surface area is 127 Å². The zero-order valence-corrected chi connectivity index (χ0v) is 12.6. The van der Waals surface area contributed by atoms with Crippen LogP contribution >= 0.6 is 11.6 Å². The SMILES string of the molecule is CC1OCCC1N(C)C(=O)Nc1ccc(C(=O)O)c(Cl)c1. The van der Waals surface area contributed by atoms with Crippen LogP contribution in [0.25, 0.3) is 0 Å². The lowest BCUT2D eigenvalue weighted by Crippen LogP contribution is -2.43. The molecule has 1 heterocycles. The van der Waals surface area contributed by atoms with Gasteiger partial charge < -0.3 is 20.1 Å². The Morgan fingerprint density at radius 2 is 2.19 bits per heavy atom. The molecule has 1 fully saturated rings. The number of ether oxygens (including phenoxy) is 1. The number of carboxylic acids is 1. The quantitative estimate of drug-likeness (QED) is 0.899. The van der Waals surface area contributed by atoms with Crippen molar-refractivity contribution in [2.75, 3.05) is 19.0 Å². The molecule has 0 spiro atoms. The molecule has 1 aliphatic heterocycles. The molecule has 2 amide bonds. The maximum atomic E-state index is 12.2. The Morgan fingerprint density at radius 3 is 2.71 bits per heavy atom. The van der Waals surface area contributed by atoms with Crippen LogP contribution in [0, 0.1) is 0 Å². The first-order valence-corrected chi connectivity index (χ1v) is 6.96. The molecule has 2 unspecified atom stereocenters. The molecule has 1 aromatic carbocycles. The van der Waals surface area contributed by atoms with Gasteiger partial charge in [0.25, 0.3) is 0 Å². The second kappa shape index (κ2) is 6.32. The number of hydrogen-bond acceptors (Lipinski definition) is 3. The number of anilines is 1. The van der Waals surface area contributed by atoms with Gasteiger partial charge in [0.15, 0.2) is 0 Å². The zero-order chi connectivity index (χ0) is 15.6. The molecule has 0 bridgehead atoms. The number of halogens is 1. The van der Waals surface area contributed by atoms with Gasteiger partial charge in [-0.05, 0) is 31.5 Å². The number of urea groups is 1. The van der Waals surface area contributed by atoms with Gasteiger partial charge in [0.05, 0.1) is 22.7 Å². The summed E-state index contributed by atoms with van der Waals surface area (Å²) < 4.78 is 5.44. The van der Waals surface area contributed by atoms with Gasteiger partial charge in [0.1, 0.15) is 0 Å². The normalized spacial score (nSPS) is 21.1. The smallest absolute Gasteiger partial charge is 0.337 e. The van der Waals surface area contributed by atoms with E-state index in [0.717, 1.165) is 6.42 Å². The van der Waals surface area contributed by atoms with Crippen LogP contribution in [0.1, 0.15) is 23.7 Å². The molecule has 6 nitrogen and oxygen atoms in total. The van der Waals surface area contributed by atoms with Gasteiger partial charge in [0.2, 0.25) is 0 Å². The topological polar surface area (TPSA) is 78.9 Å². The van der Waals surface area contributed by atoms with Gasteiger partial charge in [-0.15, -0.1) is 0 Å². The monoisotopic (exact) mass is 312 g/mol. The summed E-state index contributed by atoms with van der Waals surface area (Å²) in [5.41, 5.74) is 0.453. The predicted molar refractivity (Wildman–Crippen MR) is 79.0 cm³/mol. The first-order valence-electron chi connectivity index (χ1n) is 6.58. The number of hydrogen-bond donors (Lipinski definition) is 2. The van der Waals surface area contributed by atoms with Crippen LogP contribution in [0.4, 0.5) is 10.5 Å². The molecule has 0 aliphatic carbocycles. The van der Waals surface area contributed by atoms with Crippen LogP contribution in [0.2, 0.25) is 5.02 Å². The van der Waals surface area contributed by atoms with Crippen molar-refractivity contribution >= 4 is 29.3 Å². The van der Waals surface area contributed by atoms with Crippen molar-refractivity contribution in [3.05, 3.63) is 28.8 Å². The van der Waals surface area contributed by atoms with Crippen molar-refractivity contribution in [1.29, 1.82) is 0 Å². The molecule has 0 aromatic heterocycles. The van der Waals surface area contributed by atoms with Gasteiger partial charge in [-0.2, -0.15) is 0 Å². The summed E-state index contributed by atoms with van der Waals surface area (Å²) in [6, 6.07) is 4.04. The average molecular weight is 313 g/mol. The van der Waals surface area contributed by atoms with Crippen molar-refractivity contribution < 1.29 is 19.4 Å². The largest absolute Gasteiger partial charge is 0.478 e. The van der Waals surface area contributed by atoms with Crippen molar-refractivity contribution in [1.82, 2.24) is 4.90 Å². The summed E-state index contributed by atoms with van der Waals surface area (Å²) in [5, 5.41) is 11.7. The van der Waals surface area contributed by atoms with Crippen LogP contribution in [-0.4, -0.2) is 47.8 Å². The summed E-state index contributed by atoms with van der Waals surface area (Å²) in [6.45, 7) is 2.57. The van der Waals surface area contributed by atoms with E-state index in [-0.39, 0.29) is 28.8 Å². The maximum absolute atomic E-state index is 12.2. The van der Waals surface area contributed by atoms with E-state index in [1.807, 2.05) is 6.92 Å². The highest BCUT2D eigenvalue weighted by atomic mass is 35.5. The zero-order valence-electron chi connectivity index (χ0n) is 11.8. The number of likely N-dealkylation sites (N-methyl/N-ethyl adjacent to an activating group) is 1. The van der Waals surface area contributed by atoms with Crippen LogP contribution in [-0.2, 0) is 4.74 Å². The molecule has 114 valence electrons. The number of amides is 2. The number of nitrogens with zero attached hydrogens (tertiary/aromatic N) is 1. The van der Waals surface area contributed by atoms with E-state index in [0.29, 0.717) is 12.3 Å². The molecule has 2 N–H and O–H groups in total. The number of benzene rings is 1. The molecule has 21 heavy (non-hydrogen) atoms. The molecule has 0 saturated carbocycles. The van der Waals surface area contributed by atoms with E-state index in [9.17, 15) is 9.59 Å². The Morgan fingerprint density at radius 1 is 1.48 bits per heavy atom. The Hall–Kier alpha value is -1.79. The minimum atomic E-state index is -1.10. The number of carbonyl (C=O) groups excluding carboxylic acids is 1. The number of nitrogens with one attached hydrogen (secondary N) is 1. The van der Waals surface area contributed by atoms with Gasteiger partial charge >= 0.3 is 12.0 Å². The third kappa shape index (κ3) is 3.46. The minimum Gasteiger partial charge on any atom is -0.478 e. The Kier molecular flexibility index (Phi) is 4.69. The van der Waals surface area contributed by atoms with E-state index in [1.165, 1.54) is 18.2 Å². The first-order chi connectivity index (χ1) is 9.90. The fraction of sp³-hybridized carbons (Fsp3) is 0.429. The van der Waals surface area contributed by atoms with Crippen molar-refractivity contribution in [2.24, 2.45) is 0 Å². The fourth-order valence-corrected chi connectivity index (χ4v) is 2.62. The summed E-state index contributed by atoms with van der Waals surface area (Å²) in [7, 11) is 1.71. The van der Waals surface area contributed by atoms with Gasteiger partial charge in [-0.3, -0.25) is 0 Å². The third-order valence-electron chi connectivity index (χ3n) is 3.60. The number of carboxylic acid groups (broad SMARTS) is 1. The third-order valence-corrected chi connectivity index (χ3v) is 3.92. The van der Waals surface area contributed by atoms with E-state index in [1.54, 1.807) is 11.9 Å². The summed E-state index contributed by atoms with van der Waals surface area (Å²) in [5.74, 6) is -1.10. The number of aromatic carboxylic acids is 1. The standard InChI is InChI=1S/C14H17ClN2O4/c1-8-12(5-6-21-8)17(2)14(20)16-9-3-4-10(13(18)19)11(15)7-9/h3-4,7-8,12H,5-6H2,1-2H3,(H,16,20)(H,18,19). The van der Waals surface area contributed by atoms with Crippen LogP contribution in [0.5, 0.6) is 0 Å². The summed E-state index contributed by atoms with van der Waals surface area (Å²) >= 11 is 5.87. The molecule has 1 saturated heterocycles. The van der Waals surface area contributed by atoms with Crippen molar-refractivity contribution in [2.45, 2.75) is 25.5 Å². The second-order valence-corrected chi connectivity index (χ2v) is 5.38. The summed E-state index contributed by atoms with van der Waals surface area (Å²) in [6.07, 6.45) is 0.794. The van der Waals surface area contributed by atoms with E-state index < -0.39 is 5.97 Å². The average Bonchev–Trinajstić information content (AvgIpc) is 2.83. The first kappa shape index (κ1) is 15.6. The van der Waals surface area contributed by atoms with Gasteiger partial charge in [-0.1, -0.05) is 11.6 Å². The van der Waals surface area contributed by atoms with Crippen molar-refractivity contribution in [3.63, 3.8) is 0 Å². The lowest BCUT2D eigenvalue weighted by Gasteiger charge is -2.27. The lowest BCUT2D eigenvalue weighted by molar-refractivity contribution is 0.0697. The lowest BCUT2D eigenvalue weighted by atomic mass is 10.1. The van der Waals surface area contributed by atoms with Crippen LogP contribution in [0.3, 0.4) is 0 Å². The maximum Gasteiger partial charge on any atom is 0.337 e. The van der Waals surface area contributed by atoms with Crippen LogP contribution < -0.4 is 5.32 Å².